The molecule has 0 aromatic heterocycles. The average molecular weight is 289 g/mol. The molecule has 118 valence electrons. The van der Waals surface area contributed by atoms with Crippen molar-refractivity contribution in [2.24, 2.45) is 5.92 Å². The minimum absolute atomic E-state index is 0.193. The molecule has 2 heteroatoms. The summed E-state index contributed by atoms with van der Waals surface area (Å²) in [6.07, 6.45) is 5.32. The largest absolute Gasteiger partial charge is 0.496 e. The summed E-state index contributed by atoms with van der Waals surface area (Å²) in [5, 5.41) is 3.70. The van der Waals surface area contributed by atoms with E-state index in [9.17, 15) is 0 Å². The molecule has 1 N–H and O–H groups in total. The van der Waals surface area contributed by atoms with Gasteiger partial charge in [0.15, 0.2) is 0 Å². The molecule has 1 fully saturated rings. The van der Waals surface area contributed by atoms with Crippen LogP contribution in [0.2, 0.25) is 0 Å². The van der Waals surface area contributed by atoms with Crippen LogP contribution in [0.25, 0.3) is 0 Å². The van der Waals surface area contributed by atoms with E-state index in [0.29, 0.717) is 11.8 Å². The summed E-state index contributed by atoms with van der Waals surface area (Å²) >= 11 is 0. The van der Waals surface area contributed by atoms with Crippen LogP contribution in [0.4, 0.5) is 0 Å². The Balaban J connectivity index is 2.20. The van der Waals surface area contributed by atoms with Crippen LogP contribution >= 0.6 is 0 Å². The number of methoxy groups -OCH3 is 1. The van der Waals surface area contributed by atoms with Crippen molar-refractivity contribution in [2.75, 3.05) is 13.7 Å². The maximum absolute atomic E-state index is 5.63. The van der Waals surface area contributed by atoms with E-state index in [-0.39, 0.29) is 5.54 Å². The second kappa shape index (κ2) is 6.83. The number of ether oxygens (including phenoxy) is 1. The maximum atomic E-state index is 5.63. The molecule has 1 aromatic carbocycles. The van der Waals surface area contributed by atoms with Gasteiger partial charge in [0.1, 0.15) is 5.75 Å². The Labute approximate surface area is 130 Å². The van der Waals surface area contributed by atoms with Crippen LogP contribution in [0, 0.1) is 12.8 Å². The second-order valence-corrected chi connectivity index (χ2v) is 7.53. The van der Waals surface area contributed by atoms with Crippen molar-refractivity contribution >= 4 is 0 Å². The van der Waals surface area contributed by atoms with Gasteiger partial charge in [-0.15, -0.1) is 0 Å². The number of benzene rings is 1. The Kier molecular flexibility index (Phi) is 5.32. The molecule has 21 heavy (non-hydrogen) atoms. The van der Waals surface area contributed by atoms with E-state index in [1.807, 2.05) is 0 Å². The molecule has 0 bridgehead atoms. The van der Waals surface area contributed by atoms with Gasteiger partial charge in [-0.25, -0.2) is 0 Å². The first-order valence-corrected chi connectivity index (χ1v) is 8.30. The first kappa shape index (κ1) is 16.4. The Morgan fingerprint density at radius 1 is 1.19 bits per heavy atom. The van der Waals surface area contributed by atoms with Crippen molar-refractivity contribution in [1.29, 1.82) is 0 Å². The molecular weight excluding hydrogens is 258 g/mol. The van der Waals surface area contributed by atoms with Gasteiger partial charge in [-0.2, -0.15) is 0 Å². The number of hydrogen-bond donors (Lipinski definition) is 1. The number of aryl methyl sites for hydroxylation is 1. The van der Waals surface area contributed by atoms with Crippen LogP contribution in [0.15, 0.2) is 18.2 Å². The molecule has 0 spiro atoms. The zero-order valence-electron chi connectivity index (χ0n) is 14.3. The zero-order valence-corrected chi connectivity index (χ0v) is 14.3. The molecule has 1 aliphatic carbocycles. The van der Waals surface area contributed by atoms with Gasteiger partial charge in [-0.1, -0.05) is 30.5 Å². The second-order valence-electron chi connectivity index (χ2n) is 7.53. The summed E-state index contributed by atoms with van der Waals surface area (Å²) in [7, 11) is 1.79. The first-order valence-electron chi connectivity index (χ1n) is 8.30. The van der Waals surface area contributed by atoms with Gasteiger partial charge in [0.05, 0.1) is 7.11 Å². The lowest BCUT2D eigenvalue weighted by atomic mass is 9.74. The topological polar surface area (TPSA) is 21.3 Å². The molecule has 1 aliphatic rings. The van der Waals surface area contributed by atoms with Crippen molar-refractivity contribution in [2.45, 2.75) is 64.8 Å². The number of hydrogen-bond acceptors (Lipinski definition) is 2. The lowest BCUT2D eigenvalue weighted by Crippen LogP contribution is -2.41. The minimum atomic E-state index is 0.193. The lowest BCUT2D eigenvalue weighted by Gasteiger charge is -2.35. The number of rotatable bonds is 4. The molecule has 0 amide bonds. The first-order chi connectivity index (χ1) is 9.90. The Bertz CT molecular complexity index is 461. The molecule has 0 saturated heterocycles. The molecule has 2 atom stereocenters. The maximum Gasteiger partial charge on any atom is 0.122 e. The fourth-order valence-electron chi connectivity index (χ4n) is 3.44. The van der Waals surface area contributed by atoms with Crippen molar-refractivity contribution in [3.63, 3.8) is 0 Å². The normalized spacial score (nSPS) is 23.1. The van der Waals surface area contributed by atoms with Crippen LogP contribution in [-0.4, -0.2) is 19.2 Å². The lowest BCUT2D eigenvalue weighted by molar-refractivity contribution is 0.264. The van der Waals surface area contributed by atoms with Crippen molar-refractivity contribution in [3.8, 4) is 5.75 Å². The van der Waals surface area contributed by atoms with Gasteiger partial charge in [0.2, 0.25) is 0 Å². The fraction of sp³-hybridized carbons (Fsp3) is 0.684. The van der Waals surface area contributed by atoms with E-state index in [2.05, 4.69) is 51.2 Å². The van der Waals surface area contributed by atoms with E-state index in [0.717, 1.165) is 12.3 Å². The van der Waals surface area contributed by atoms with Crippen molar-refractivity contribution < 1.29 is 4.74 Å². The third-order valence-electron chi connectivity index (χ3n) is 4.59. The van der Waals surface area contributed by atoms with E-state index in [1.165, 1.54) is 36.8 Å². The van der Waals surface area contributed by atoms with E-state index >= 15 is 0 Å². The van der Waals surface area contributed by atoms with Crippen LogP contribution in [0.3, 0.4) is 0 Å². The number of nitrogens with one attached hydrogen (secondary N) is 1. The van der Waals surface area contributed by atoms with Crippen LogP contribution in [-0.2, 0) is 0 Å². The summed E-state index contributed by atoms with van der Waals surface area (Å²) in [4.78, 5) is 0. The molecule has 0 radical (unpaired) electrons. The van der Waals surface area contributed by atoms with Gasteiger partial charge in [-0.05, 0) is 70.5 Å². The minimum Gasteiger partial charge on any atom is -0.496 e. The smallest absolute Gasteiger partial charge is 0.122 e. The summed E-state index contributed by atoms with van der Waals surface area (Å²) in [5.74, 6) is 2.41. The third kappa shape index (κ3) is 4.47. The van der Waals surface area contributed by atoms with Gasteiger partial charge < -0.3 is 10.1 Å². The molecule has 1 saturated carbocycles. The Hall–Kier alpha value is -1.02. The molecule has 2 rings (SSSR count). The highest BCUT2D eigenvalue weighted by Gasteiger charge is 2.29. The van der Waals surface area contributed by atoms with E-state index < -0.39 is 0 Å². The van der Waals surface area contributed by atoms with Gasteiger partial charge in [0.25, 0.3) is 0 Å². The van der Waals surface area contributed by atoms with Gasteiger partial charge in [-0.3, -0.25) is 0 Å². The third-order valence-corrected chi connectivity index (χ3v) is 4.59. The SMILES string of the molecule is COc1ccc(C)cc1C1CCCCC1CNC(C)(C)C. The van der Waals surface area contributed by atoms with Crippen molar-refractivity contribution in [1.82, 2.24) is 5.32 Å². The molecule has 0 heterocycles. The highest BCUT2D eigenvalue weighted by molar-refractivity contribution is 5.40. The van der Waals surface area contributed by atoms with Crippen LogP contribution in [0.1, 0.15) is 63.5 Å². The predicted octanol–water partition coefficient (Wildman–Crippen LogP) is 4.67. The zero-order chi connectivity index (χ0) is 15.5. The summed E-state index contributed by atoms with van der Waals surface area (Å²) in [6.45, 7) is 10.0. The fourth-order valence-corrected chi connectivity index (χ4v) is 3.44. The quantitative estimate of drug-likeness (QED) is 0.870. The molecule has 0 aliphatic heterocycles. The molecule has 2 unspecified atom stereocenters. The van der Waals surface area contributed by atoms with E-state index in [1.54, 1.807) is 7.11 Å². The van der Waals surface area contributed by atoms with Crippen molar-refractivity contribution in [3.05, 3.63) is 29.3 Å². The van der Waals surface area contributed by atoms with Crippen LogP contribution in [0.5, 0.6) is 5.75 Å². The predicted molar refractivity (Wildman–Crippen MR) is 90.2 cm³/mol. The Morgan fingerprint density at radius 2 is 1.90 bits per heavy atom. The summed E-state index contributed by atoms with van der Waals surface area (Å²) in [6, 6.07) is 6.61. The highest BCUT2D eigenvalue weighted by atomic mass is 16.5. The van der Waals surface area contributed by atoms with Gasteiger partial charge >= 0.3 is 0 Å². The molecule has 1 aromatic rings. The monoisotopic (exact) mass is 289 g/mol. The summed E-state index contributed by atoms with van der Waals surface area (Å²) < 4.78 is 5.63. The standard InChI is InChI=1S/C19H31NO/c1-14-10-11-18(21-5)17(12-14)16-9-7-6-8-15(16)13-20-19(2,3)4/h10-12,15-16,20H,6-9,13H2,1-5H3. The average Bonchev–Trinajstić information content (AvgIpc) is 2.44. The summed E-state index contributed by atoms with van der Waals surface area (Å²) in [5.41, 5.74) is 2.94. The van der Waals surface area contributed by atoms with Gasteiger partial charge in [0, 0.05) is 5.54 Å². The molecule has 2 nitrogen and oxygen atoms in total. The molecular formula is C19H31NO. The van der Waals surface area contributed by atoms with Crippen LogP contribution < -0.4 is 10.1 Å². The Morgan fingerprint density at radius 3 is 2.57 bits per heavy atom. The van der Waals surface area contributed by atoms with E-state index in [4.69, 9.17) is 4.74 Å². The highest BCUT2D eigenvalue weighted by Crippen LogP contribution is 2.41.